The quantitative estimate of drug-likeness (QED) is 0.714. The smallest absolute Gasteiger partial charge is 0.192 e. The van der Waals surface area contributed by atoms with Crippen LogP contribution < -0.4 is 16.8 Å². The van der Waals surface area contributed by atoms with Gasteiger partial charge in [-0.25, -0.2) is 0 Å². The van der Waals surface area contributed by atoms with Crippen LogP contribution in [-0.4, -0.2) is 24.2 Å². The van der Waals surface area contributed by atoms with Crippen molar-refractivity contribution in [2.45, 2.75) is 24.6 Å². The van der Waals surface area contributed by atoms with Gasteiger partial charge in [0.05, 0.1) is 0 Å². The van der Waals surface area contributed by atoms with Gasteiger partial charge in [-0.1, -0.05) is 42.6 Å². The van der Waals surface area contributed by atoms with E-state index in [1.165, 1.54) is 11.8 Å². The second kappa shape index (κ2) is 7.64. The van der Waals surface area contributed by atoms with Crippen molar-refractivity contribution in [3.63, 3.8) is 0 Å². The SMILES string of the molecule is C=C(NCCN)c1ccc(CSC(=O)C2CC(N)C2)cc1. The van der Waals surface area contributed by atoms with E-state index in [0.29, 0.717) is 18.8 Å². The molecule has 5 N–H and O–H groups in total. The zero-order chi connectivity index (χ0) is 15.2. The molecule has 0 radical (unpaired) electrons. The van der Waals surface area contributed by atoms with Crippen LogP contribution in [-0.2, 0) is 10.5 Å². The maximum atomic E-state index is 11.9. The molecule has 4 nitrogen and oxygen atoms in total. The van der Waals surface area contributed by atoms with Crippen LogP contribution in [0, 0.1) is 5.92 Å². The number of benzene rings is 1. The molecule has 0 atom stereocenters. The maximum Gasteiger partial charge on any atom is 0.192 e. The van der Waals surface area contributed by atoms with Gasteiger partial charge in [0.15, 0.2) is 5.12 Å². The van der Waals surface area contributed by atoms with Gasteiger partial charge >= 0.3 is 0 Å². The van der Waals surface area contributed by atoms with Gasteiger partial charge in [-0.3, -0.25) is 4.79 Å². The van der Waals surface area contributed by atoms with Crippen molar-refractivity contribution in [1.29, 1.82) is 0 Å². The first kappa shape index (κ1) is 16.1. The van der Waals surface area contributed by atoms with Gasteiger partial charge < -0.3 is 16.8 Å². The molecular weight excluding hydrogens is 282 g/mol. The van der Waals surface area contributed by atoms with Crippen LogP contribution >= 0.6 is 11.8 Å². The Kier molecular flexibility index (Phi) is 5.85. The van der Waals surface area contributed by atoms with E-state index in [1.54, 1.807) is 0 Å². The van der Waals surface area contributed by atoms with Crippen molar-refractivity contribution in [2.75, 3.05) is 13.1 Å². The van der Waals surface area contributed by atoms with Crippen LogP contribution in [0.4, 0.5) is 0 Å². The van der Waals surface area contributed by atoms with Crippen molar-refractivity contribution in [3.8, 4) is 0 Å². The Morgan fingerprint density at radius 1 is 1.33 bits per heavy atom. The number of thioether (sulfide) groups is 1. The summed E-state index contributed by atoms with van der Waals surface area (Å²) in [4.78, 5) is 11.9. The van der Waals surface area contributed by atoms with E-state index in [1.807, 2.05) is 24.3 Å². The molecule has 0 spiro atoms. The van der Waals surface area contributed by atoms with E-state index in [4.69, 9.17) is 11.5 Å². The lowest BCUT2D eigenvalue weighted by molar-refractivity contribution is -0.116. The highest BCUT2D eigenvalue weighted by Crippen LogP contribution is 2.31. The van der Waals surface area contributed by atoms with Gasteiger partial charge in [0, 0.05) is 36.5 Å². The fourth-order valence-electron chi connectivity index (χ4n) is 2.25. The van der Waals surface area contributed by atoms with Crippen molar-refractivity contribution >= 4 is 22.6 Å². The van der Waals surface area contributed by atoms with Crippen LogP contribution in [0.3, 0.4) is 0 Å². The Labute approximate surface area is 130 Å². The van der Waals surface area contributed by atoms with Crippen LogP contribution in [0.15, 0.2) is 30.8 Å². The monoisotopic (exact) mass is 305 g/mol. The molecule has 1 aromatic carbocycles. The van der Waals surface area contributed by atoms with Gasteiger partial charge in [0.2, 0.25) is 0 Å². The summed E-state index contributed by atoms with van der Waals surface area (Å²) in [5.41, 5.74) is 14.2. The largest absolute Gasteiger partial charge is 0.384 e. The van der Waals surface area contributed by atoms with Crippen LogP contribution in [0.5, 0.6) is 0 Å². The average Bonchev–Trinajstić information content (AvgIpc) is 2.47. The number of nitrogens with one attached hydrogen (secondary N) is 1. The molecule has 0 aromatic heterocycles. The third-order valence-electron chi connectivity index (χ3n) is 3.67. The first-order valence-corrected chi connectivity index (χ1v) is 8.23. The van der Waals surface area contributed by atoms with E-state index < -0.39 is 0 Å². The van der Waals surface area contributed by atoms with E-state index in [2.05, 4.69) is 11.9 Å². The zero-order valence-electron chi connectivity index (χ0n) is 12.2. The first-order chi connectivity index (χ1) is 10.1. The van der Waals surface area contributed by atoms with Gasteiger partial charge in [0.1, 0.15) is 0 Å². The Bertz CT molecular complexity index is 495. The highest BCUT2D eigenvalue weighted by atomic mass is 32.2. The minimum Gasteiger partial charge on any atom is -0.384 e. The van der Waals surface area contributed by atoms with Gasteiger partial charge in [-0.2, -0.15) is 0 Å². The molecule has 0 heterocycles. The van der Waals surface area contributed by atoms with E-state index in [-0.39, 0.29) is 17.1 Å². The molecule has 0 saturated heterocycles. The summed E-state index contributed by atoms with van der Waals surface area (Å²) in [6.45, 7) is 5.28. The fraction of sp³-hybridized carbons (Fsp3) is 0.438. The van der Waals surface area contributed by atoms with Gasteiger partial charge in [-0.05, 0) is 24.0 Å². The molecule has 1 fully saturated rings. The second-order valence-electron chi connectivity index (χ2n) is 5.43. The molecule has 21 heavy (non-hydrogen) atoms. The molecule has 2 rings (SSSR count). The highest BCUT2D eigenvalue weighted by molar-refractivity contribution is 8.13. The highest BCUT2D eigenvalue weighted by Gasteiger charge is 2.31. The Morgan fingerprint density at radius 2 is 2.00 bits per heavy atom. The number of hydrogen-bond donors (Lipinski definition) is 3. The summed E-state index contributed by atoms with van der Waals surface area (Å²) in [5.74, 6) is 0.887. The number of carbonyl (C=O) groups is 1. The summed E-state index contributed by atoms with van der Waals surface area (Å²) in [5, 5.41) is 3.43. The summed E-state index contributed by atoms with van der Waals surface area (Å²) >= 11 is 1.39. The van der Waals surface area contributed by atoms with Crippen molar-refractivity contribution < 1.29 is 4.79 Å². The van der Waals surface area contributed by atoms with Crippen LogP contribution in [0.2, 0.25) is 0 Å². The van der Waals surface area contributed by atoms with Crippen molar-refractivity contribution in [1.82, 2.24) is 5.32 Å². The summed E-state index contributed by atoms with van der Waals surface area (Å²) in [6.07, 6.45) is 1.69. The molecule has 5 heteroatoms. The molecule has 0 aliphatic heterocycles. The maximum absolute atomic E-state index is 11.9. The van der Waals surface area contributed by atoms with E-state index in [0.717, 1.165) is 29.7 Å². The summed E-state index contributed by atoms with van der Waals surface area (Å²) in [6, 6.07) is 8.34. The Morgan fingerprint density at radius 3 is 2.57 bits per heavy atom. The van der Waals surface area contributed by atoms with Crippen molar-refractivity contribution in [3.05, 3.63) is 42.0 Å². The summed E-state index contributed by atoms with van der Waals surface area (Å²) < 4.78 is 0. The first-order valence-electron chi connectivity index (χ1n) is 7.24. The fourth-order valence-corrected chi connectivity index (χ4v) is 3.18. The predicted octanol–water partition coefficient (Wildman–Crippen LogP) is 1.70. The average molecular weight is 305 g/mol. The molecule has 0 bridgehead atoms. The van der Waals surface area contributed by atoms with E-state index >= 15 is 0 Å². The Hall–Kier alpha value is -1.30. The third-order valence-corrected chi connectivity index (χ3v) is 4.77. The second-order valence-corrected chi connectivity index (χ2v) is 6.41. The normalized spacial score (nSPS) is 20.7. The zero-order valence-corrected chi connectivity index (χ0v) is 13.0. The molecular formula is C16H23N3OS. The Balaban J connectivity index is 1.79. The molecule has 1 saturated carbocycles. The van der Waals surface area contributed by atoms with Crippen molar-refractivity contribution in [2.24, 2.45) is 17.4 Å². The third kappa shape index (κ3) is 4.59. The number of nitrogens with two attached hydrogens (primary N) is 2. The standard InChI is InChI=1S/C16H23N3OS/c1-11(19-7-6-17)13-4-2-12(3-5-13)10-21-16(20)14-8-15(18)9-14/h2-5,14-15,19H,1,6-10,17-18H2. The van der Waals surface area contributed by atoms with Gasteiger partial charge in [0.25, 0.3) is 0 Å². The molecule has 1 aliphatic rings. The minimum atomic E-state index is 0.171. The van der Waals surface area contributed by atoms with Crippen LogP contribution in [0.25, 0.3) is 5.70 Å². The molecule has 0 amide bonds. The number of hydrogen-bond acceptors (Lipinski definition) is 5. The lowest BCUT2D eigenvalue weighted by atomic mass is 9.82. The van der Waals surface area contributed by atoms with Crippen LogP contribution in [0.1, 0.15) is 24.0 Å². The molecule has 114 valence electrons. The van der Waals surface area contributed by atoms with E-state index in [9.17, 15) is 4.79 Å². The molecule has 0 unspecified atom stereocenters. The minimum absolute atomic E-state index is 0.171. The topological polar surface area (TPSA) is 81.1 Å². The number of rotatable bonds is 7. The van der Waals surface area contributed by atoms with Gasteiger partial charge in [-0.15, -0.1) is 0 Å². The lowest BCUT2D eigenvalue weighted by Crippen LogP contribution is -2.39. The lowest BCUT2D eigenvalue weighted by Gasteiger charge is -2.30. The predicted molar refractivity (Wildman–Crippen MR) is 89.5 cm³/mol. The number of carbonyl (C=O) groups excluding carboxylic acids is 1. The molecule has 1 aliphatic carbocycles. The molecule has 1 aromatic rings. The summed E-state index contributed by atoms with van der Waals surface area (Å²) in [7, 11) is 0.